The number of aromatic hydroxyl groups is 1. The van der Waals surface area contributed by atoms with Gasteiger partial charge in [-0.05, 0) is 25.6 Å². The number of hydrogen-bond acceptors (Lipinski definition) is 3. The van der Waals surface area contributed by atoms with Crippen molar-refractivity contribution < 1.29 is 23.1 Å². The molecule has 0 spiro atoms. The molecule has 0 aromatic heterocycles. The summed E-state index contributed by atoms with van der Waals surface area (Å²) in [6.45, 7) is 2.71. The molecule has 19 heavy (non-hydrogen) atoms. The van der Waals surface area contributed by atoms with Crippen LogP contribution in [0.25, 0.3) is 0 Å². The van der Waals surface area contributed by atoms with E-state index in [1.54, 1.807) is 7.05 Å². The van der Waals surface area contributed by atoms with Crippen LogP contribution in [0.3, 0.4) is 0 Å². The number of carbonyl (C=O) groups is 1. The lowest BCUT2D eigenvalue weighted by Gasteiger charge is -2.12. The minimum Gasteiger partial charge on any atom is -0.503 e. The van der Waals surface area contributed by atoms with Crippen molar-refractivity contribution in [3.05, 3.63) is 29.1 Å². The molecule has 1 rings (SSSR count). The van der Waals surface area contributed by atoms with Gasteiger partial charge in [0.25, 0.3) is 5.91 Å². The number of carbonyl (C=O) groups excluding carboxylic acids is 1. The van der Waals surface area contributed by atoms with Crippen LogP contribution in [0.2, 0.25) is 0 Å². The number of halogens is 3. The summed E-state index contributed by atoms with van der Waals surface area (Å²) in [5.41, 5.74) is -0.729. The topological polar surface area (TPSA) is 61.4 Å². The maximum atomic E-state index is 13.4. The smallest absolute Gasteiger partial charge is 0.254 e. The Morgan fingerprint density at radius 3 is 2.53 bits per heavy atom. The summed E-state index contributed by atoms with van der Waals surface area (Å²) in [7, 11) is 1.74. The average Bonchev–Trinajstić information content (AvgIpc) is 2.38. The molecule has 0 saturated heterocycles. The van der Waals surface area contributed by atoms with Gasteiger partial charge in [0.2, 0.25) is 5.82 Å². The summed E-state index contributed by atoms with van der Waals surface area (Å²) in [5.74, 6) is -6.98. The first-order valence-electron chi connectivity index (χ1n) is 5.67. The SMILES string of the molecule is CNCC(C)CNC(=O)c1cc(F)c(F)c(O)c1F. The van der Waals surface area contributed by atoms with Gasteiger partial charge in [0, 0.05) is 6.54 Å². The van der Waals surface area contributed by atoms with Crippen LogP contribution in [0.4, 0.5) is 13.2 Å². The fourth-order valence-corrected chi connectivity index (χ4v) is 1.54. The van der Waals surface area contributed by atoms with Crippen molar-refractivity contribution in [3.8, 4) is 5.75 Å². The Morgan fingerprint density at radius 1 is 1.32 bits per heavy atom. The number of amides is 1. The van der Waals surface area contributed by atoms with Crippen LogP contribution in [-0.4, -0.2) is 31.2 Å². The third-order valence-corrected chi connectivity index (χ3v) is 2.54. The van der Waals surface area contributed by atoms with Crippen LogP contribution >= 0.6 is 0 Å². The molecule has 0 bridgehead atoms. The van der Waals surface area contributed by atoms with E-state index in [-0.39, 0.29) is 12.5 Å². The molecule has 4 nitrogen and oxygen atoms in total. The van der Waals surface area contributed by atoms with Crippen LogP contribution in [-0.2, 0) is 0 Å². The van der Waals surface area contributed by atoms with Crippen molar-refractivity contribution in [2.75, 3.05) is 20.1 Å². The van der Waals surface area contributed by atoms with E-state index in [9.17, 15) is 18.0 Å². The molecule has 1 atom stereocenters. The molecule has 0 saturated carbocycles. The van der Waals surface area contributed by atoms with Gasteiger partial charge in [0.05, 0.1) is 5.56 Å². The van der Waals surface area contributed by atoms with Crippen LogP contribution in [0.15, 0.2) is 6.07 Å². The molecule has 106 valence electrons. The molecule has 0 aliphatic heterocycles. The second-order valence-corrected chi connectivity index (χ2v) is 4.26. The fraction of sp³-hybridized carbons (Fsp3) is 0.417. The minimum absolute atomic E-state index is 0.0795. The third-order valence-electron chi connectivity index (χ3n) is 2.54. The molecule has 0 radical (unpaired) electrons. The predicted octanol–water partition coefficient (Wildman–Crippen LogP) is 1.39. The molecule has 1 aromatic rings. The van der Waals surface area contributed by atoms with Gasteiger partial charge in [0.15, 0.2) is 17.4 Å². The van der Waals surface area contributed by atoms with Crippen molar-refractivity contribution in [3.63, 3.8) is 0 Å². The molecule has 1 aromatic carbocycles. The monoisotopic (exact) mass is 276 g/mol. The standard InChI is InChI=1S/C12H15F3N2O2/c1-6(4-16-2)5-17-12(19)7-3-8(13)10(15)11(18)9(7)14/h3,6,16,18H,4-5H2,1-2H3,(H,17,19). The summed E-state index contributed by atoms with van der Waals surface area (Å²) in [5, 5.41) is 14.3. The summed E-state index contributed by atoms with van der Waals surface area (Å²) >= 11 is 0. The lowest BCUT2D eigenvalue weighted by molar-refractivity contribution is 0.0942. The minimum atomic E-state index is -1.71. The zero-order valence-corrected chi connectivity index (χ0v) is 10.6. The first-order valence-corrected chi connectivity index (χ1v) is 5.67. The largest absolute Gasteiger partial charge is 0.503 e. The number of phenolic OH excluding ortho intramolecular Hbond substituents is 1. The van der Waals surface area contributed by atoms with Crippen molar-refractivity contribution in [2.24, 2.45) is 5.92 Å². The number of benzene rings is 1. The molecular formula is C12H15F3N2O2. The number of nitrogens with one attached hydrogen (secondary N) is 2. The van der Waals surface area contributed by atoms with E-state index in [4.69, 9.17) is 5.11 Å². The number of rotatable bonds is 5. The Bertz CT molecular complexity index is 481. The third kappa shape index (κ3) is 3.60. The molecular weight excluding hydrogens is 261 g/mol. The zero-order valence-electron chi connectivity index (χ0n) is 10.6. The first-order chi connectivity index (χ1) is 8.88. The van der Waals surface area contributed by atoms with Crippen LogP contribution in [0, 0.1) is 23.4 Å². The summed E-state index contributed by atoms with van der Waals surface area (Å²) in [4.78, 5) is 11.6. The Hall–Kier alpha value is -1.76. The maximum absolute atomic E-state index is 13.4. The lowest BCUT2D eigenvalue weighted by atomic mass is 10.1. The highest BCUT2D eigenvalue weighted by molar-refractivity contribution is 5.94. The summed E-state index contributed by atoms with van der Waals surface area (Å²) < 4.78 is 39.3. The van der Waals surface area contributed by atoms with Crippen LogP contribution in [0.1, 0.15) is 17.3 Å². The van der Waals surface area contributed by atoms with Crippen molar-refractivity contribution >= 4 is 5.91 Å². The van der Waals surface area contributed by atoms with Gasteiger partial charge in [-0.1, -0.05) is 6.92 Å². The van der Waals surface area contributed by atoms with Gasteiger partial charge in [0.1, 0.15) is 0 Å². The quantitative estimate of drug-likeness (QED) is 0.712. The van der Waals surface area contributed by atoms with E-state index >= 15 is 0 Å². The van der Waals surface area contributed by atoms with E-state index in [1.807, 2.05) is 6.92 Å². The van der Waals surface area contributed by atoms with Gasteiger partial charge in [-0.15, -0.1) is 0 Å². The molecule has 1 unspecified atom stereocenters. The zero-order chi connectivity index (χ0) is 14.6. The first kappa shape index (κ1) is 15.3. The van der Waals surface area contributed by atoms with Crippen molar-refractivity contribution in [1.29, 1.82) is 0 Å². The van der Waals surface area contributed by atoms with E-state index in [0.717, 1.165) is 0 Å². The van der Waals surface area contributed by atoms with Crippen LogP contribution < -0.4 is 10.6 Å². The lowest BCUT2D eigenvalue weighted by Crippen LogP contribution is -2.32. The second kappa shape index (κ2) is 6.42. The number of hydrogen-bond donors (Lipinski definition) is 3. The van der Waals surface area contributed by atoms with Crippen molar-refractivity contribution in [1.82, 2.24) is 10.6 Å². The normalized spacial score (nSPS) is 12.3. The molecule has 3 N–H and O–H groups in total. The Labute approximate surface area is 108 Å². The van der Waals surface area contributed by atoms with E-state index < -0.39 is 34.7 Å². The van der Waals surface area contributed by atoms with Gasteiger partial charge >= 0.3 is 0 Å². The van der Waals surface area contributed by atoms with Gasteiger partial charge in [-0.25, -0.2) is 8.78 Å². The fourth-order valence-electron chi connectivity index (χ4n) is 1.54. The second-order valence-electron chi connectivity index (χ2n) is 4.26. The van der Waals surface area contributed by atoms with Crippen LogP contribution in [0.5, 0.6) is 5.75 Å². The average molecular weight is 276 g/mol. The highest BCUT2D eigenvalue weighted by atomic mass is 19.2. The molecule has 7 heteroatoms. The Morgan fingerprint density at radius 2 is 1.95 bits per heavy atom. The Balaban J connectivity index is 2.83. The van der Waals surface area contributed by atoms with E-state index in [1.165, 1.54) is 0 Å². The molecule has 0 heterocycles. The number of phenols is 1. The molecule has 0 aliphatic carbocycles. The van der Waals surface area contributed by atoms with E-state index in [0.29, 0.717) is 12.6 Å². The molecule has 1 amide bonds. The highest BCUT2D eigenvalue weighted by Crippen LogP contribution is 2.25. The summed E-state index contributed by atoms with van der Waals surface area (Å²) in [6.07, 6.45) is 0. The molecule has 0 aliphatic rings. The predicted molar refractivity (Wildman–Crippen MR) is 63.4 cm³/mol. The summed E-state index contributed by atoms with van der Waals surface area (Å²) in [6, 6.07) is 0.419. The van der Waals surface area contributed by atoms with Gasteiger partial charge < -0.3 is 15.7 Å². The van der Waals surface area contributed by atoms with Gasteiger partial charge in [-0.3, -0.25) is 4.79 Å². The Kier molecular flexibility index (Phi) is 5.17. The van der Waals surface area contributed by atoms with Gasteiger partial charge in [-0.2, -0.15) is 4.39 Å². The highest BCUT2D eigenvalue weighted by Gasteiger charge is 2.22. The maximum Gasteiger partial charge on any atom is 0.254 e. The molecule has 0 fully saturated rings. The van der Waals surface area contributed by atoms with E-state index in [2.05, 4.69) is 10.6 Å². The van der Waals surface area contributed by atoms with Crippen molar-refractivity contribution in [2.45, 2.75) is 6.92 Å².